The summed E-state index contributed by atoms with van der Waals surface area (Å²) in [4.78, 5) is 0. The first-order valence-corrected chi connectivity index (χ1v) is 4.57. The first-order chi connectivity index (χ1) is 5.16. The summed E-state index contributed by atoms with van der Waals surface area (Å²) in [6, 6.07) is 0. The topological polar surface area (TPSA) is 0 Å². The van der Waals surface area contributed by atoms with Crippen LogP contribution in [0.5, 0.6) is 0 Å². The lowest BCUT2D eigenvalue weighted by atomic mass is 9.99. The Bertz CT molecular complexity index is 136. The van der Waals surface area contributed by atoms with Gasteiger partial charge in [-0.2, -0.15) is 0 Å². The highest BCUT2D eigenvalue weighted by Gasteiger charge is 1.99. The van der Waals surface area contributed by atoms with E-state index in [1.54, 1.807) is 0 Å². The highest BCUT2D eigenvalue weighted by molar-refractivity contribution is 4.87. The zero-order valence-electron chi connectivity index (χ0n) is 8.22. The maximum Gasteiger partial charge on any atom is -0.0184 e. The highest BCUT2D eigenvalue weighted by atomic mass is 14.0. The van der Waals surface area contributed by atoms with E-state index in [9.17, 15) is 0 Å². The third kappa shape index (κ3) is 7.42. The van der Waals surface area contributed by atoms with Crippen molar-refractivity contribution < 1.29 is 0 Å². The highest BCUT2D eigenvalue weighted by Crippen LogP contribution is 2.10. The Balaban J connectivity index is 3.67. The summed E-state index contributed by atoms with van der Waals surface area (Å²) in [6.07, 6.45) is 6.61. The van der Waals surface area contributed by atoms with E-state index in [2.05, 4.69) is 45.6 Å². The van der Waals surface area contributed by atoms with Gasteiger partial charge in [-0.3, -0.25) is 0 Å². The molecule has 0 saturated carbocycles. The van der Waals surface area contributed by atoms with Gasteiger partial charge in [0.1, 0.15) is 0 Å². The lowest BCUT2D eigenvalue weighted by molar-refractivity contribution is 0.503. The molecule has 0 heterocycles. The zero-order chi connectivity index (χ0) is 8.69. The normalized spacial score (nSPS) is 12.5. The van der Waals surface area contributed by atoms with Gasteiger partial charge >= 0.3 is 0 Å². The average molecular weight is 152 g/mol. The van der Waals surface area contributed by atoms with Crippen LogP contribution in [0.15, 0.2) is 17.9 Å². The van der Waals surface area contributed by atoms with Crippen molar-refractivity contribution in [2.24, 2.45) is 11.8 Å². The van der Waals surface area contributed by atoms with Crippen molar-refractivity contribution in [3.05, 3.63) is 17.9 Å². The van der Waals surface area contributed by atoms with Gasteiger partial charge in [0.25, 0.3) is 0 Å². The summed E-state index contributed by atoms with van der Waals surface area (Å²) in [5.74, 6) is 1.47. The molecule has 0 aliphatic heterocycles. The molecule has 0 saturated heterocycles. The van der Waals surface area contributed by atoms with Crippen molar-refractivity contribution in [1.82, 2.24) is 0 Å². The minimum absolute atomic E-state index is 0.679. The van der Waals surface area contributed by atoms with Crippen LogP contribution < -0.4 is 0 Å². The van der Waals surface area contributed by atoms with E-state index in [-0.39, 0.29) is 0 Å². The van der Waals surface area contributed by atoms with Crippen LogP contribution in [-0.2, 0) is 0 Å². The SMILES string of the molecule is CCC=C=CC(C)CC(C)C. The van der Waals surface area contributed by atoms with Crippen molar-refractivity contribution in [2.75, 3.05) is 0 Å². The van der Waals surface area contributed by atoms with E-state index in [0.29, 0.717) is 5.92 Å². The number of hydrogen-bond acceptors (Lipinski definition) is 0. The van der Waals surface area contributed by atoms with Gasteiger partial charge in [0, 0.05) is 0 Å². The molecule has 0 spiro atoms. The molecule has 0 radical (unpaired) electrons. The number of allylic oxidation sites excluding steroid dienone is 1. The smallest absolute Gasteiger partial charge is 0.0184 e. The van der Waals surface area contributed by atoms with Crippen molar-refractivity contribution in [2.45, 2.75) is 40.5 Å². The quantitative estimate of drug-likeness (QED) is 0.538. The molecule has 64 valence electrons. The van der Waals surface area contributed by atoms with E-state index in [4.69, 9.17) is 0 Å². The minimum Gasteiger partial charge on any atom is -0.129 e. The second-order valence-electron chi connectivity index (χ2n) is 3.55. The van der Waals surface area contributed by atoms with Crippen molar-refractivity contribution in [3.8, 4) is 0 Å². The van der Waals surface area contributed by atoms with Gasteiger partial charge in [0.15, 0.2) is 0 Å². The molecule has 1 atom stereocenters. The van der Waals surface area contributed by atoms with Crippen LogP contribution in [0.3, 0.4) is 0 Å². The Labute approximate surface area is 71.0 Å². The first kappa shape index (κ1) is 10.5. The monoisotopic (exact) mass is 152 g/mol. The summed E-state index contributed by atoms with van der Waals surface area (Å²) in [6.45, 7) is 8.90. The molecule has 0 N–H and O–H groups in total. The predicted molar refractivity (Wildman–Crippen MR) is 51.6 cm³/mol. The number of rotatable bonds is 4. The molecule has 1 unspecified atom stereocenters. The molecular formula is C11H20. The molecule has 11 heavy (non-hydrogen) atoms. The van der Waals surface area contributed by atoms with E-state index < -0.39 is 0 Å². The van der Waals surface area contributed by atoms with Gasteiger partial charge in [-0.15, -0.1) is 5.73 Å². The summed E-state index contributed by atoms with van der Waals surface area (Å²) in [5.41, 5.74) is 3.19. The maximum atomic E-state index is 3.19. The standard InChI is InChI=1S/C11H20/c1-5-6-7-8-11(4)9-10(2)3/h6,8,10-11H,5,9H2,1-4H3. The third-order valence-corrected chi connectivity index (χ3v) is 1.55. The molecule has 0 bridgehead atoms. The van der Waals surface area contributed by atoms with Crippen LogP contribution in [0.2, 0.25) is 0 Å². The second kappa shape index (κ2) is 6.24. The predicted octanol–water partition coefficient (Wildman–Crippen LogP) is 3.79. The Morgan fingerprint density at radius 3 is 2.36 bits per heavy atom. The summed E-state index contributed by atoms with van der Waals surface area (Å²) >= 11 is 0. The molecule has 0 aliphatic rings. The molecule has 0 aromatic carbocycles. The maximum absolute atomic E-state index is 3.19. The van der Waals surface area contributed by atoms with Crippen LogP contribution in [0.25, 0.3) is 0 Å². The minimum atomic E-state index is 0.679. The Hall–Kier alpha value is -0.480. The molecule has 0 heteroatoms. The molecule has 0 aromatic heterocycles. The van der Waals surface area contributed by atoms with Crippen LogP contribution in [0.4, 0.5) is 0 Å². The lowest BCUT2D eigenvalue weighted by Crippen LogP contribution is -1.95. The Morgan fingerprint density at radius 1 is 1.27 bits per heavy atom. The summed E-state index contributed by atoms with van der Waals surface area (Å²) < 4.78 is 0. The van der Waals surface area contributed by atoms with Crippen LogP contribution >= 0.6 is 0 Å². The van der Waals surface area contributed by atoms with Crippen molar-refractivity contribution in [3.63, 3.8) is 0 Å². The molecule has 0 rings (SSSR count). The molecule has 0 aliphatic carbocycles. The Kier molecular flexibility index (Phi) is 5.97. The molecular weight excluding hydrogens is 132 g/mol. The van der Waals surface area contributed by atoms with E-state index in [1.807, 2.05) is 0 Å². The van der Waals surface area contributed by atoms with Gasteiger partial charge in [0.2, 0.25) is 0 Å². The van der Waals surface area contributed by atoms with Crippen molar-refractivity contribution >= 4 is 0 Å². The first-order valence-electron chi connectivity index (χ1n) is 4.57. The molecule has 0 nitrogen and oxygen atoms in total. The van der Waals surface area contributed by atoms with Crippen molar-refractivity contribution in [1.29, 1.82) is 0 Å². The summed E-state index contributed by atoms with van der Waals surface area (Å²) in [7, 11) is 0. The van der Waals surface area contributed by atoms with E-state index >= 15 is 0 Å². The lowest BCUT2D eigenvalue weighted by Gasteiger charge is -2.06. The zero-order valence-corrected chi connectivity index (χ0v) is 8.22. The fourth-order valence-electron chi connectivity index (χ4n) is 1.16. The average Bonchev–Trinajstić information content (AvgIpc) is 1.86. The van der Waals surface area contributed by atoms with E-state index in [1.165, 1.54) is 6.42 Å². The molecule has 0 fully saturated rings. The van der Waals surface area contributed by atoms with Crippen LogP contribution in [-0.4, -0.2) is 0 Å². The Morgan fingerprint density at radius 2 is 1.91 bits per heavy atom. The van der Waals surface area contributed by atoms with E-state index in [0.717, 1.165) is 12.3 Å². The van der Waals surface area contributed by atoms with Crippen LogP contribution in [0.1, 0.15) is 40.5 Å². The second-order valence-corrected chi connectivity index (χ2v) is 3.55. The third-order valence-electron chi connectivity index (χ3n) is 1.55. The van der Waals surface area contributed by atoms with Gasteiger partial charge in [-0.25, -0.2) is 0 Å². The largest absolute Gasteiger partial charge is 0.129 e. The molecule has 0 aromatic rings. The summed E-state index contributed by atoms with van der Waals surface area (Å²) in [5, 5.41) is 0. The van der Waals surface area contributed by atoms with Gasteiger partial charge in [0.05, 0.1) is 0 Å². The molecule has 0 amide bonds. The van der Waals surface area contributed by atoms with Crippen LogP contribution in [0, 0.1) is 11.8 Å². The number of hydrogen-bond donors (Lipinski definition) is 0. The van der Waals surface area contributed by atoms with Gasteiger partial charge < -0.3 is 0 Å². The fourth-order valence-corrected chi connectivity index (χ4v) is 1.16. The van der Waals surface area contributed by atoms with Gasteiger partial charge in [-0.05, 0) is 36.8 Å². The fraction of sp³-hybridized carbons (Fsp3) is 0.727. The van der Waals surface area contributed by atoms with Gasteiger partial charge in [-0.1, -0.05) is 27.7 Å².